The zero-order valence-electron chi connectivity index (χ0n) is 12.8. The topological polar surface area (TPSA) is 55.4 Å². The van der Waals surface area contributed by atoms with E-state index in [2.05, 4.69) is 37.2 Å². The highest BCUT2D eigenvalue weighted by atomic mass is 79.9. The van der Waals surface area contributed by atoms with E-state index in [1.54, 1.807) is 0 Å². The maximum Gasteiger partial charge on any atom is 0.310 e. The minimum atomic E-state index is -0.293. The van der Waals surface area contributed by atoms with E-state index in [4.69, 9.17) is 4.74 Å². The van der Waals surface area contributed by atoms with Gasteiger partial charge in [-0.15, -0.1) is 0 Å². The van der Waals surface area contributed by atoms with Crippen molar-refractivity contribution in [3.63, 3.8) is 0 Å². The van der Waals surface area contributed by atoms with Crippen molar-refractivity contribution in [2.45, 2.75) is 31.2 Å². The number of esters is 1. The van der Waals surface area contributed by atoms with Crippen molar-refractivity contribution in [3.8, 4) is 0 Å². The number of anilines is 1. The number of halogens is 2. The largest absolute Gasteiger partial charge is 0.461 e. The number of ether oxygens (including phenoxy) is 1. The number of hydrogen-bond donors (Lipinski definition) is 1. The SMILES string of the molecule is Cc1cc(Br)cc(C)c1NC(=O)[C@@H]1[C@H]2C[C@H]3[C@H](OC(=O)[C@H]31)[C@@H]2Br. The van der Waals surface area contributed by atoms with E-state index >= 15 is 0 Å². The predicted molar refractivity (Wildman–Crippen MR) is 93.4 cm³/mol. The fraction of sp³-hybridized carbons (Fsp3) is 0.529. The van der Waals surface area contributed by atoms with Crippen molar-refractivity contribution in [1.29, 1.82) is 0 Å². The first-order valence-electron chi connectivity index (χ1n) is 7.80. The number of amides is 1. The Morgan fingerprint density at radius 3 is 2.57 bits per heavy atom. The quantitative estimate of drug-likeness (QED) is 0.562. The van der Waals surface area contributed by atoms with Crippen LogP contribution in [-0.4, -0.2) is 22.8 Å². The number of alkyl halides is 1. The summed E-state index contributed by atoms with van der Waals surface area (Å²) in [5.41, 5.74) is 2.86. The molecular weight excluding hydrogens is 426 g/mol. The molecule has 1 aliphatic heterocycles. The van der Waals surface area contributed by atoms with Crippen LogP contribution in [0.1, 0.15) is 17.5 Å². The van der Waals surface area contributed by atoms with Gasteiger partial charge in [0.1, 0.15) is 6.10 Å². The van der Waals surface area contributed by atoms with Gasteiger partial charge in [-0.2, -0.15) is 0 Å². The van der Waals surface area contributed by atoms with Gasteiger partial charge >= 0.3 is 5.97 Å². The minimum absolute atomic E-state index is 0.0438. The Bertz CT molecular complexity index is 697. The van der Waals surface area contributed by atoms with E-state index in [0.717, 1.165) is 27.7 Å². The van der Waals surface area contributed by atoms with Crippen molar-refractivity contribution in [2.75, 3.05) is 5.32 Å². The van der Waals surface area contributed by atoms with Crippen LogP contribution in [0, 0.1) is 37.5 Å². The number of rotatable bonds is 2. The van der Waals surface area contributed by atoms with Gasteiger partial charge in [-0.1, -0.05) is 31.9 Å². The van der Waals surface area contributed by atoms with Gasteiger partial charge in [-0.25, -0.2) is 0 Å². The lowest BCUT2D eigenvalue weighted by atomic mass is 9.79. The third kappa shape index (κ3) is 2.21. The van der Waals surface area contributed by atoms with E-state index in [1.807, 2.05) is 26.0 Å². The molecule has 3 fully saturated rings. The van der Waals surface area contributed by atoms with E-state index in [9.17, 15) is 9.59 Å². The summed E-state index contributed by atoms with van der Waals surface area (Å²) in [6.07, 6.45) is 0.852. The molecule has 1 saturated heterocycles. The number of hydrogen-bond acceptors (Lipinski definition) is 3. The molecule has 0 spiro atoms. The highest BCUT2D eigenvalue weighted by Gasteiger charge is 2.67. The molecule has 23 heavy (non-hydrogen) atoms. The van der Waals surface area contributed by atoms with Gasteiger partial charge in [-0.05, 0) is 49.4 Å². The molecule has 6 heteroatoms. The van der Waals surface area contributed by atoms with Crippen LogP contribution >= 0.6 is 31.9 Å². The monoisotopic (exact) mass is 441 g/mol. The molecule has 4 rings (SSSR count). The summed E-state index contributed by atoms with van der Waals surface area (Å²) < 4.78 is 6.47. The number of carbonyl (C=O) groups is 2. The Balaban J connectivity index is 1.62. The second kappa shape index (κ2) is 5.31. The zero-order valence-corrected chi connectivity index (χ0v) is 16.0. The van der Waals surface area contributed by atoms with Gasteiger partial charge in [0.15, 0.2) is 0 Å². The number of fused-ring (bicyclic) bond motifs is 1. The fourth-order valence-corrected chi connectivity index (χ4v) is 6.38. The minimum Gasteiger partial charge on any atom is -0.461 e. The molecule has 2 saturated carbocycles. The molecule has 2 bridgehead atoms. The molecular formula is C17H17Br2NO3. The average molecular weight is 443 g/mol. The van der Waals surface area contributed by atoms with Gasteiger partial charge < -0.3 is 10.1 Å². The Morgan fingerprint density at radius 2 is 1.91 bits per heavy atom. The van der Waals surface area contributed by atoms with Crippen molar-refractivity contribution >= 4 is 49.4 Å². The summed E-state index contributed by atoms with van der Waals surface area (Å²) in [5.74, 6) is -0.447. The van der Waals surface area contributed by atoms with Crippen LogP contribution in [0.25, 0.3) is 0 Å². The van der Waals surface area contributed by atoms with Crippen LogP contribution in [-0.2, 0) is 14.3 Å². The second-order valence-electron chi connectivity index (χ2n) is 6.86. The maximum atomic E-state index is 12.9. The number of carbonyl (C=O) groups excluding carboxylic acids is 2. The number of nitrogens with one attached hydrogen (secondary N) is 1. The number of benzene rings is 1. The maximum absolute atomic E-state index is 12.9. The Morgan fingerprint density at radius 1 is 1.26 bits per heavy atom. The van der Waals surface area contributed by atoms with Crippen LogP contribution in [0.4, 0.5) is 5.69 Å². The summed E-state index contributed by atoms with van der Waals surface area (Å²) in [4.78, 5) is 25.2. The summed E-state index contributed by atoms with van der Waals surface area (Å²) >= 11 is 7.11. The first-order chi connectivity index (χ1) is 10.9. The fourth-order valence-electron chi connectivity index (χ4n) is 4.64. The first-order valence-corrected chi connectivity index (χ1v) is 9.51. The van der Waals surface area contributed by atoms with Crippen LogP contribution < -0.4 is 5.32 Å². The molecule has 0 radical (unpaired) electrons. The summed E-state index contributed by atoms with van der Waals surface area (Å²) in [6.45, 7) is 3.95. The third-order valence-corrected chi connectivity index (χ3v) is 7.23. The Kier molecular flexibility index (Phi) is 3.61. The molecule has 4 nitrogen and oxygen atoms in total. The molecule has 1 aromatic rings. The standard InChI is InChI=1S/C17H17Br2NO3/c1-6-3-8(18)4-7(2)14(6)20-16(21)11-9-5-10-12(11)17(22)23-15(10)13(9)19/h3-4,9-13,15H,5H2,1-2H3,(H,20,21)/t9-,10-,11-,12-,13-,15+/m1/s1. The highest BCUT2D eigenvalue weighted by Crippen LogP contribution is 2.60. The molecule has 122 valence electrons. The van der Waals surface area contributed by atoms with Gasteiger partial charge in [-0.3, -0.25) is 9.59 Å². The summed E-state index contributed by atoms with van der Waals surface area (Å²) in [5, 5.41) is 3.07. The molecule has 1 heterocycles. The lowest BCUT2D eigenvalue weighted by Gasteiger charge is -2.28. The van der Waals surface area contributed by atoms with Crippen LogP contribution in [0.15, 0.2) is 16.6 Å². The molecule has 2 aliphatic carbocycles. The predicted octanol–water partition coefficient (Wildman–Crippen LogP) is 3.58. The van der Waals surface area contributed by atoms with Crippen molar-refractivity contribution < 1.29 is 14.3 Å². The first kappa shape index (κ1) is 15.6. The van der Waals surface area contributed by atoms with Crippen molar-refractivity contribution in [1.82, 2.24) is 0 Å². The average Bonchev–Trinajstić information content (AvgIpc) is 3.06. The van der Waals surface area contributed by atoms with Crippen LogP contribution in [0.3, 0.4) is 0 Å². The smallest absolute Gasteiger partial charge is 0.310 e. The van der Waals surface area contributed by atoms with Crippen LogP contribution in [0.2, 0.25) is 0 Å². The molecule has 1 aromatic carbocycles. The summed E-state index contributed by atoms with van der Waals surface area (Å²) in [7, 11) is 0. The van der Waals surface area contributed by atoms with Crippen molar-refractivity contribution in [3.05, 3.63) is 27.7 Å². The van der Waals surface area contributed by atoms with Gasteiger partial charge in [0.2, 0.25) is 5.91 Å². The van der Waals surface area contributed by atoms with Crippen LogP contribution in [0.5, 0.6) is 0 Å². The molecule has 6 atom stereocenters. The third-order valence-electron chi connectivity index (χ3n) is 5.57. The summed E-state index contributed by atoms with van der Waals surface area (Å²) in [6, 6.07) is 3.97. The molecule has 3 aliphatic rings. The molecule has 0 unspecified atom stereocenters. The Labute approximate surface area is 151 Å². The zero-order chi connectivity index (χ0) is 16.5. The van der Waals surface area contributed by atoms with Gasteiger partial charge in [0.25, 0.3) is 0 Å². The highest BCUT2D eigenvalue weighted by molar-refractivity contribution is 9.10. The lowest BCUT2D eigenvalue weighted by Crippen LogP contribution is -2.40. The number of aryl methyl sites for hydroxylation is 2. The second-order valence-corrected chi connectivity index (χ2v) is 8.84. The van der Waals surface area contributed by atoms with Crippen molar-refractivity contribution in [2.24, 2.45) is 23.7 Å². The molecule has 1 N–H and O–H groups in total. The molecule has 0 aromatic heterocycles. The van der Waals surface area contributed by atoms with E-state index in [1.165, 1.54) is 0 Å². The van der Waals surface area contributed by atoms with Gasteiger partial charge in [0, 0.05) is 16.1 Å². The molecule has 1 amide bonds. The van der Waals surface area contributed by atoms with E-state index in [-0.39, 0.29) is 46.5 Å². The lowest BCUT2D eigenvalue weighted by molar-refractivity contribution is -0.145. The van der Waals surface area contributed by atoms with Gasteiger partial charge in [0.05, 0.1) is 16.7 Å². The van der Waals surface area contributed by atoms with E-state index < -0.39 is 0 Å². The Hall–Kier alpha value is -0.880. The van der Waals surface area contributed by atoms with E-state index in [0.29, 0.717) is 0 Å². The normalized spacial score (nSPS) is 37.1.